The average Bonchev–Trinajstić information content (AvgIpc) is 2.79. The summed E-state index contributed by atoms with van der Waals surface area (Å²) in [4.78, 5) is 4.33. The van der Waals surface area contributed by atoms with Crippen LogP contribution in [0.15, 0.2) is 30.7 Å². The molecule has 0 spiro atoms. The first-order chi connectivity index (χ1) is 8.69. The number of imidazole rings is 1. The van der Waals surface area contributed by atoms with Gasteiger partial charge in [0.25, 0.3) is 0 Å². The van der Waals surface area contributed by atoms with Crippen molar-refractivity contribution in [1.82, 2.24) is 14.9 Å². The standard InChI is InChI=1S/C14H18FN3/c1-11-3-4-13(15)7-12(11)8-18-9-14(17-10-18)5-6-16-2/h3-4,7,9-10,16H,5-6,8H2,1-2H3. The molecule has 0 unspecified atom stereocenters. The summed E-state index contributed by atoms with van der Waals surface area (Å²) in [5.41, 5.74) is 3.15. The lowest BCUT2D eigenvalue weighted by molar-refractivity contribution is 0.622. The van der Waals surface area contributed by atoms with Crippen molar-refractivity contribution in [2.24, 2.45) is 0 Å². The Hall–Kier alpha value is -1.68. The summed E-state index contributed by atoms with van der Waals surface area (Å²) in [5, 5.41) is 3.09. The van der Waals surface area contributed by atoms with Crippen LogP contribution in [0.5, 0.6) is 0 Å². The van der Waals surface area contributed by atoms with Crippen LogP contribution in [0.25, 0.3) is 0 Å². The van der Waals surface area contributed by atoms with E-state index in [2.05, 4.69) is 10.3 Å². The average molecular weight is 247 g/mol. The van der Waals surface area contributed by atoms with Gasteiger partial charge in [0, 0.05) is 25.7 Å². The summed E-state index contributed by atoms with van der Waals surface area (Å²) in [7, 11) is 1.92. The number of likely N-dealkylation sites (N-methyl/N-ethyl adjacent to an activating group) is 1. The van der Waals surface area contributed by atoms with E-state index in [1.807, 2.05) is 30.8 Å². The van der Waals surface area contributed by atoms with Crippen LogP contribution in [0, 0.1) is 12.7 Å². The van der Waals surface area contributed by atoms with E-state index in [1.165, 1.54) is 6.07 Å². The smallest absolute Gasteiger partial charge is 0.123 e. The summed E-state index contributed by atoms with van der Waals surface area (Å²) in [6, 6.07) is 4.89. The van der Waals surface area contributed by atoms with Gasteiger partial charge in [0.2, 0.25) is 0 Å². The van der Waals surface area contributed by atoms with Crippen LogP contribution in [0.4, 0.5) is 4.39 Å². The van der Waals surface area contributed by atoms with Crippen LogP contribution in [0.2, 0.25) is 0 Å². The lowest BCUT2D eigenvalue weighted by Gasteiger charge is -2.06. The van der Waals surface area contributed by atoms with Gasteiger partial charge in [-0.1, -0.05) is 6.07 Å². The Morgan fingerprint density at radius 1 is 1.39 bits per heavy atom. The first kappa shape index (κ1) is 12.8. The molecule has 0 atom stereocenters. The molecular weight excluding hydrogens is 229 g/mol. The molecule has 2 aromatic rings. The molecule has 0 saturated carbocycles. The number of hydrogen-bond donors (Lipinski definition) is 1. The van der Waals surface area contributed by atoms with E-state index in [4.69, 9.17) is 0 Å². The highest BCUT2D eigenvalue weighted by Gasteiger charge is 2.03. The molecule has 18 heavy (non-hydrogen) atoms. The third-order valence-electron chi connectivity index (χ3n) is 2.98. The Labute approximate surface area is 107 Å². The van der Waals surface area contributed by atoms with Gasteiger partial charge in [-0.3, -0.25) is 0 Å². The SMILES string of the molecule is CNCCc1cn(Cc2cc(F)ccc2C)cn1. The Bertz CT molecular complexity index is 520. The van der Waals surface area contributed by atoms with Crippen LogP contribution in [-0.2, 0) is 13.0 Å². The number of halogens is 1. The monoisotopic (exact) mass is 247 g/mol. The molecule has 0 radical (unpaired) electrons. The number of benzene rings is 1. The minimum Gasteiger partial charge on any atom is -0.333 e. The first-order valence-electron chi connectivity index (χ1n) is 6.09. The quantitative estimate of drug-likeness (QED) is 0.877. The summed E-state index contributed by atoms with van der Waals surface area (Å²) >= 11 is 0. The van der Waals surface area contributed by atoms with Crippen molar-refractivity contribution in [2.75, 3.05) is 13.6 Å². The highest BCUT2D eigenvalue weighted by molar-refractivity contribution is 5.26. The van der Waals surface area contributed by atoms with Crippen molar-refractivity contribution in [3.05, 3.63) is 53.4 Å². The molecular formula is C14H18FN3. The molecule has 0 aliphatic rings. The number of nitrogens with zero attached hydrogens (tertiary/aromatic N) is 2. The van der Waals surface area contributed by atoms with Crippen LogP contribution in [-0.4, -0.2) is 23.1 Å². The molecule has 3 nitrogen and oxygen atoms in total. The molecule has 1 heterocycles. The van der Waals surface area contributed by atoms with Crippen molar-refractivity contribution in [3.63, 3.8) is 0 Å². The summed E-state index contributed by atoms with van der Waals surface area (Å²) in [5.74, 6) is -0.189. The van der Waals surface area contributed by atoms with Crippen LogP contribution in [0.1, 0.15) is 16.8 Å². The van der Waals surface area contributed by atoms with Gasteiger partial charge in [-0.25, -0.2) is 9.37 Å². The second-order valence-electron chi connectivity index (χ2n) is 4.46. The molecule has 1 aromatic heterocycles. The minimum atomic E-state index is -0.189. The zero-order valence-electron chi connectivity index (χ0n) is 10.8. The van der Waals surface area contributed by atoms with E-state index >= 15 is 0 Å². The van der Waals surface area contributed by atoms with Crippen molar-refractivity contribution < 1.29 is 4.39 Å². The van der Waals surface area contributed by atoms with E-state index in [1.54, 1.807) is 12.4 Å². The van der Waals surface area contributed by atoms with Gasteiger partial charge in [0.05, 0.1) is 12.0 Å². The lowest BCUT2D eigenvalue weighted by Crippen LogP contribution is -2.10. The van der Waals surface area contributed by atoms with Gasteiger partial charge in [-0.15, -0.1) is 0 Å². The fourth-order valence-corrected chi connectivity index (χ4v) is 1.88. The zero-order chi connectivity index (χ0) is 13.0. The molecule has 0 aliphatic heterocycles. The largest absolute Gasteiger partial charge is 0.333 e. The Kier molecular flexibility index (Phi) is 4.10. The topological polar surface area (TPSA) is 29.9 Å². The van der Waals surface area contributed by atoms with Gasteiger partial charge in [0.1, 0.15) is 5.82 Å². The van der Waals surface area contributed by atoms with Crippen molar-refractivity contribution in [2.45, 2.75) is 19.9 Å². The number of aryl methyl sites for hydroxylation is 1. The molecule has 4 heteroatoms. The molecule has 0 bridgehead atoms. The maximum Gasteiger partial charge on any atom is 0.123 e. The van der Waals surface area contributed by atoms with Crippen LogP contribution in [0.3, 0.4) is 0 Å². The zero-order valence-corrected chi connectivity index (χ0v) is 10.8. The molecule has 0 amide bonds. The minimum absolute atomic E-state index is 0.189. The third kappa shape index (κ3) is 3.17. The third-order valence-corrected chi connectivity index (χ3v) is 2.98. The van der Waals surface area contributed by atoms with E-state index < -0.39 is 0 Å². The number of rotatable bonds is 5. The Balaban J connectivity index is 2.08. The number of nitrogens with one attached hydrogen (secondary N) is 1. The maximum absolute atomic E-state index is 13.2. The summed E-state index contributed by atoms with van der Waals surface area (Å²) in [6.45, 7) is 3.57. The highest BCUT2D eigenvalue weighted by Crippen LogP contribution is 2.12. The predicted octanol–water partition coefficient (Wildman–Crippen LogP) is 2.14. The summed E-state index contributed by atoms with van der Waals surface area (Å²) in [6.07, 6.45) is 4.72. The molecule has 2 rings (SSSR count). The summed E-state index contributed by atoms with van der Waals surface area (Å²) < 4.78 is 15.2. The lowest BCUT2D eigenvalue weighted by atomic mass is 10.1. The first-order valence-corrected chi connectivity index (χ1v) is 6.09. The normalized spacial score (nSPS) is 10.8. The van der Waals surface area contributed by atoms with Gasteiger partial charge in [0.15, 0.2) is 0 Å². The van der Waals surface area contributed by atoms with Crippen molar-refractivity contribution >= 4 is 0 Å². The van der Waals surface area contributed by atoms with Crippen molar-refractivity contribution in [1.29, 1.82) is 0 Å². The number of hydrogen-bond acceptors (Lipinski definition) is 2. The fourth-order valence-electron chi connectivity index (χ4n) is 1.88. The van der Waals surface area contributed by atoms with E-state index in [-0.39, 0.29) is 5.82 Å². The van der Waals surface area contributed by atoms with E-state index in [0.29, 0.717) is 6.54 Å². The second kappa shape index (κ2) is 5.78. The van der Waals surface area contributed by atoms with Gasteiger partial charge in [-0.2, -0.15) is 0 Å². The molecule has 0 aliphatic carbocycles. The molecule has 1 aromatic carbocycles. The Morgan fingerprint density at radius 3 is 3.00 bits per heavy atom. The molecule has 0 saturated heterocycles. The molecule has 1 N–H and O–H groups in total. The fraction of sp³-hybridized carbons (Fsp3) is 0.357. The highest BCUT2D eigenvalue weighted by atomic mass is 19.1. The van der Waals surface area contributed by atoms with Crippen LogP contribution >= 0.6 is 0 Å². The van der Waals surface area contributed by atoms with Crippen LogP contribution < -0.4 is 5.32 Å². The predicted molar refractivity (Wildman–Crippen MR) is 70.1 cm³/mol. The Morgan fingerprint density at radius 2 is 2.22 bits per heavy atom. The number of aromatic nitrogens is 2. The van der Waals surface area contributed by atoms with E-state index in [0.717, 1.165) is 29.8 Å². The van der Waals surface area contributed by atoms with E-state index in [9.17, 15) is 4.39 Å². The van der Waals surface area contributed by atoms with Gasteiger partial charge < -0.3 is 9.88 Å². The maximum atomic E-state index is 13.2. The molecule has 0 fully saturated rings. The van der Waals surface area contributed by atoms with Gasteiger partial charge >= 0.3 is 0 Å². The van der Waals surface area contributed by atoms with Gasteiger partial charge in [-0.05, 0) is 37.2 Å². The molecule has 96 valence electrons. The second-order valence-corrected chi connectivity index (χ2v) is 4.46. The van der Waals surface area contributed by atoms with Crippen molar-refractivity contribution in [3.8, 4) is 0 Å².